The van der Waals surface area contributed by atoms with Gasteiger partial charge >= 0.3 is 0 Å². The molecule has 1 atom stereocenters. The van der Waals surface area contributed by atoms with Crippen LogP contribution in [0.15, 0.2) is 35.7 Å². The number of hydrogen-bond donors (Lipinski definition) is 0. The first kappa shape index (κ1) is 21.5. The van der Waals surface area contributed by atoms with Gasteiger partial charge in [-0.1, -0.05) is 29.8 Å². The lowest BCUT2D eigenvalue weighted by molar-refractivity contribution is -0.144. The van der Waals surface area contributed by atoms with E-state index in [1.54, 1.807) is 18.4 Å². The standard InChI is InChI=1S/C22H28N2O4S/c1-16-4-6-17(7-5-16)22-18-9-13-29-19(18)8-10-24(22)20(25)14-23(11-12-27-2)21(26)15-28-3/h4-7,9,13,22H,8,10-12,14-15H2,1-3H3. The number of carbonyl (C=O) groups excluding carboxylic acids is 2. The summed E-state index contributed by atoms with van der Waals surface area (Å²) in [6.07, 6.45) is 0.838. The second-order valence-corrected chi connectivity index (χ2v) is 8.19. The Labute approximate surface area is 176 Å². The molecule has 2 amide bonds. The Morgan fingerprint density at radius 3 is 2.62 bits per heavy atom. The van der Waals surface area contributed by atoms with Gasteiger partial charge in [-0.2, -0.15) is 0 Å². The molecule has 2 heterocycles. The van der Waals surface area contributed by atoms with E-state index in [0.717, 1.165) is 12.0 Å². The quantitative estimate of drug-likeness (QED) is 0.664. The number of rotatable bonds is 8. The minimum Gasteiger partial charge on any atom is -0.383 e. The van der Waals surface area contributed by atoms with Gasteiger partial charge in [-0.05, 0) is 35.9 Å². The van der Waals surface area contributed by atoms with E-state index >= 15 is 0 Å². The third-order valence-electron chi connectivity index (χ3n) is 5.19. The molecule has 156 valence electrons. The molecule has 2 aromatic rings. The van der Waals surface area contributed by atoms with Crippen LogP contribution in [-0.2, 0) is 25.5 Å². The zero-order valence-electron chi connectivity index (χ0n) is 17.2. The summed E-state index contributed by atoms with van der Waals surface area (Å²) in [6, 6.07) is 10.3. The molecule has 3 rings (SSSR count). The van der Waals surface area contributed by atoms with Crippen LogP contribution in [0.25, 0.3) is 0 Å². The minimum atomic E-state index is -0.210. The highest BCUT2D eigenvalue weighted by Gasteiger charge is 2.33. The molecule has 0 bridgehead atoms. The third-order valence-corrected chi connectivity index (χ3v) is 6.19. The first-order valence-corrected chi connectivity index (χ1v) is 10.6. The molecule has 0 spiro atoms. The normalized spacial score (nSPS) is 15.8. The van der Waals surface area contributed by atoms with Gasteiger partial charge in [-0.25, -0.2) is 0 Å². The van der Waals surface area contributed by atoms with Crippen LogP contribution in [0.5, 0.6) is 0 Å². The van der Waals surface area contributed by atoms with Crippen molar-refractivity contribution in [1.82, 2.24) is 9.80 Å². The maximum atomic E-state index is 13.3. The van der Waals surface area contributed by atoms with Crippen LogP contribution in [0.4, 0.5) is 0 Å². The van der Waals surface area contributed by atoms with Crippen LogP contribution in [0.2, 0.25) is 0 Å². The number of thiophene rings is 1. The van der Waals surface area contributed by atoms with E-state index in [1.165, 1.54) is 28.0 Å². The SMILES string of the molecule is COCCN(CC(=O)N1CCc2sccc2C1c1ccc(C)cc1)C(=O)COC. The van der Waals surface area contributed by atoms with Gasteiger partial charge < -0.3 is 19.3 Å². The Morgan fingerprint density at radius 1 is 1.17 bits per heavy atom. The summed E-state index contributed by atoms with van der Waals surface area (Å²) in [5, 5.41) is 2.09. The Balaban J connectivity index is 1.85. The average Bonchev–Trinajstić information content (AvgIpc) is 3.20. The van der Waals surface area contributed by atoms with E-state index in [-0.39, 0.29) is 31.0 Å². The fourth-order valence-electron chi connectivity index (χ4n) is 3.66. The Morgan fingerprint density at radius 2 is 1.93 bits per heavy atom. The van der Waals surface area contributed by atoms with Crippen molar-refractivity contribution in [3.8, 4) is 0 Å². The van der Waals surface area contributed by atoms with Crippen LogP contribution in [0.3, 0.4) is 0 Å². The molecule has 0 N–H and O–H groups in total. The van der Waals surface area contributed by atoms with Gasteiger partial charge in [0, 0.05) is 32.2 Å². The molecule has 0 radical (unpaired) electrons. The maximum absolute atomic E-state index is 13.3. The lowest BCUT2D eigenvalue weighted by atomic mass is 9.92. The van der Waals surface area contributed by atoms with E-state index < -0.39 is 0 Å². The van der Waals surface area contributed by atoms with Gasteiger partial charge in [0.05, 0.1) is 19.2 Å². The number of nitrogens with zero attached hydrogens (tertiary/aromatic N) is 2. The van der Waals surface area contributed by atoms with Crippen LogP contribution in [0.1, 0.15) is 27.6 Å². The highest BCUT2D eigenvalue weighted by Crippen LogP contribution is 2.37. The number of hydrogen-bond acceptors (Lipinski definition) is 5. The molecule has 0 saturated heterocycles. The van der Waals surface area contributed by atoms with E-state index in [2.05, 4.69) is 42.6 Å². The van der Waals surface area contributed by atoms with E-state index in [4.69, 9.17) is 9.47 Å². The van der Waals surface area contributed by atoms with Crippen LogP contribution in [0, 0.1) is 6.92 Å². The lowest BCUT2D eigenvalue weighted by Gasteiger charge is -2.37. The van der Waals surface area contributed by atoms with Gasteiger partial charge in [0.2, 0.25) is 11.8 Å². The second-order valence-electron chi connectivity index (χ2n) is 7.19. The fraction of sp³-hybridized carbons (Fsp3) is 0.455. The minimum absolute atomic E-state index is 0.0212. The van der Waals surface area contributed by atoms with Crippen molar-refractivity contribution in [3.05, 3.63) is 57.3 Å². The first-order chi connectivity index (χ1) is 14.0. The zero-order valence-corrected chi connectivity index (χ0v) is 18.0. The number of methoxy groups -OCH3 is 2. The molecule has 29 heavy (non-hydrogen) atoms. The summed E-state index contributed by atoms with van der Waals surface area (Å²) >= 11 is 1.74. The van der Waals surface area contributed by atoms with Crippen LogP contribution in [-0.4, -0.2) is 68.7 Å². The Hall–Kier alpha value is -2.22. The molecular formula is C22H28N2O4S. The Bertz CT molecular complexity index is 834. The molecule has 0 fully saturated rings. The van der Waals surface area contributed by atoms with Crippen molar-refractivity contribution < 1.29 is 19.1 Å². The monoisotopic (exact) mass is 416 g/mol. The first-order valence-electron chi connectivity index (χ1n) is 9.73. The van der Waals surface area contributed by atoms with E-state index in [9.17, 15) is 9.59 Å². The van der Waals surface area contributed by atoms with Crippen LogP contribution < -0.4 is 0 Å². The smallest absolute Gasteiger partial charge is 0.249 e. The number of ether oxygens (including phenoxy) is 2. The van der Waals surface area contributed by atoms with Gasteiger partial charge in [-0.3, -0.25) is 9.59 Å². The van der Waals surface area contributed by atoms with Gasteiger partial charge in [0.15, 0.2) is 0 Å². The highest BCUT2D eigenvalue weighted by molar-refractivity contribution is 7.10. The second kappa shape index (κ2) is 10.0. The molecule has 6 nitrogen and oxygen atoms in total. The summed E-state index contributed by atoms with van der Waals surface area (Å²) in [6.45, 7) is 3.40. The lowest BCUT2D eigenvalue weighted by Crippen LogP contribution is -2.48. The molecule has 7 heteroatoms. The van der Waals surface area contributed by atoms with E-state index in [1.807, 2.05) is 4.90 Å². The van der Waals surface area contributed by atoms with Crippen LogP contribution >= 0.6 is 11.3 Å². The van der Waals surface area contributed by atoms with Crippen molar-refractivity contribution in [2.24, 2.45) is 0 Å². The molecular weight excluding hydrogens is 388 g/mol. The van der Waals surface area contributed by atoms with Crippen molar-refractivity contribution in [2.45, 2.75) is 19.4 Å². The number of aryl methyl sites for hydroxylation is 1. The largest absolute Gasteiger partial charge is 0.383 e. The number of benzene rings is 1. The maximum Gasteiger partial charge on any atom is 0.249 e. The molecule has 1 aromatic carbocycles. The topological polar surface area (TPSA) is 59.1 Å². The molecule has 0 saturated carbocycles. The van der Waals surface area contributed by atoms with Gasteiger partial charge in [-0.15, -0.1) is 11.3 Å². The Kier molecular flexibility index (Phi) is 7.41. The summed E-state index contributed by atoms with van der Waals surface area (Å²) in [4.78, 5) is 30.5. The molecule has 1 aliphatic heterocycles. The highest BCUT2D eigenvalue weighted by atomic mass is 32.1. The van der Waals surface area contributed by atoms with Crippen molar-refractivity contribution in [3.63, 3.8) is 0 Å². The predicted molar refractivity (Wildman–Crippen MR) is 113 cm³/mol. The summed E-state index contributed by atoms with van der Waals surface area (Å²) in [7, 11) is 3.06. The zero-order chi connectivity index (χ0) is 20.8. The molecule has 0 aliphatic carbocycles. The number of amides is 2. The molecule has 1 aliphatic rings. The molecule has 1 unspecified atom stereocenters. The van der Waals surface area contributed by atoms with Crippen molar-refractivity contribution in [2.75, 3.05) is 47.1 Å². The van der Waals surface area contributed by atoms with Crippen molar-refractivity contribution in [1.29, 1.82) is 0 Å². The predicted octanol–water partition coefficient (Wildman–Crippen LogP) is 2.65. The number of carbonyl (C=O) groups is 2. The average molecular weight is 417 g/mol. The van der Waals surface area contributed by atoms with E-state index in [0.29, 0.717) is 19.7 Å². The van der Waals surface area contributed by atoms with Gasteiger partial charge in [0.1, 0.15) is 6.61 Å². The summed E-state index contributed by atoms with van der Waals surface area (Å²) < 4.78 is 10.1. The fourth-order valence-corrected chi connectivity index (χ4v) is 4.56. The summed E-state index contributed by atoms with van der Waals surface area (Å²) in [5.74, 6) is -0.272. The third kappa shape index (κ3) is 5.04. The number of fused-ring (bicyclic) bond motifs is 1. The van der Waals surface area contributed by atoms with Gasteiger partial charge in [0.25, 0.3) is 0 Å². The van der Waals surface area contributed by atoms with Crippen molar-refractivity contribution >= 4 is 23.2 Å². The summed E-state index contributed by atoms with van der Waals surface area (Å²) in [5.41, 5.74) is 3.46. The molecule has 1 aromatic heterocycles.